The third-order valence-electron chi connectivity index (χ3n) is 8.40. The lowest BCUT2D eigenvalue weighted by Crippen LogP contribution is -2.59. The molecule has 0 rings (SSSR count). The van der Waals surface area contributed by atoms with E-state index in [1.165, 1.54) is 0 Å². The van der Waals surface area contributed by atoms with Crippen LogP contribution in [0.2, 0.25) is 0 Å². The van der Waals surface area contributed by atoms with Crippen molar-refractivity contribution >= 4 is 71.3 Å². The Morgan fingerprint density at radius 2 is 0.672 bits per heavy atom. The number of guanidine groups is 3. The SMILES string of the molecule is N=C(N)NCCC[C@H](NC(=O)[C@H](CCC(=O)O)NC(=O)[C@H](CCCNC(=N)N)NC(=O)[C@H](CCC(=O)O)NC(=O)[C@@H](N)CCCNC(=N)N)C(=O)N[C@@H](CCC(=O)O)C(=O)O. The van der Waals surface area contributed by atoms with Gasteiger partial charge >= 0.3 is 23.9 Å². The first-order valence-corrected chi connectivity index (χ1v) is 18.9. The minimum atomic E-state index is -1.72. The first kappa shape index (κ1) is 54.0. The van der Waals surface area contributed by atoms with Gasteiger partial charge in [0.2, 0.25) is 29.5 Å². The highest BCUT2D eigenvalue weighted by Gasteiger charge is 2.33. The molecule has 5 amide bonds. The zero-order chi connectivity index (χ0) is 46.7. The van der Waals surface area contributed by atoms with Crippen molar-refractivity contribution in [3.8, 4) is 0 Å². The summed E-state index contributed by atoms with van der Waals surface area (Å²) in [5.41, 5.74) is 21.8. The van der Waals surface area contributed by atoms with Crippen LogP contribution in [0.25, 0.3) is 0 Å². The van der Waals surface area contributed by atoms with Gasteiger partial charge in [-0.3, -0.25) is 54.6 Å². The molecule has 6 atom stereocenters. The maximum atomic E-state index is 13.8. The van der Waals surface area contributed by atoms with Gasteiger partial charge in [0.05, 0.1) is 6.04 Å². The molecule has 344 valence electrons. The molecule has 0 fully saturated rings. The molecule has 0 bridgehead atoms. The standard InChI is InChI=1S/C33H59N15O13/c34-16(4-1-13-41-31(35)36)25(55)44-19(7-10-22(49)50)28(58)45-17(5-2-14-42-32(37)38)26(56)47-20(8-11-23(51)52)29(59)46-18(6-3-15-43-33(39)40)27(57)48-21(30(60)61)9-12-24(53)54/h16-21H,1-15,34H2,(H,44,55)(H,45,58)(H,46,59)(H,47,56)(H,48,57)(H,49,50)(H,51,52)(H,53,54)(H,60,61)(H4,35,36,41)(H4,37,38,42)(H4,39,40,43)/t16-,17-,18-,19-,20-,21-/m0/s1. The van der Waals surface area contributed by atoms with Gasteiger partial charge < -0.3 is 85.9 Å². The van der Waals surface area contributed by atoms with Crippen molar-refractivity contribution < 1.29 is 63.6 Å². The summed E-state index contributed by atoms with van der Waals surface area (Å²) in [7, 11) is 0. The fourth-order valence-electron chi connectivity index (χ4n) is 5.24. The molecule has 0 aliphatic heterocycles. The number of nitrogens with one attached hydrogen (secondary N) is 11. The Kier molecular flexibility index (Phi) is 25.9. The molecule has 0 radical (unpaired) electrons. The van der Waals surface area contributed by atoms with Gasteiger partial charge in [-0.1, -0.05) is 0 Å². The van der Waals surface area contributed by atoms with Gasteiger partial charge in [0.1, 0.15) is 30.2 Å². The quantitative estimate of drug-likeness (QED) is 0.0170. The Hall–Kier alpha value is -7.00. The summed E-state index contributed by atoms with van der Waals surface area (Å²) in [4.78, 5) is 113. The molecule has 28 nitrogen and oxygen atoms in total. The second-order valence-electron chi connectivity index (χ2n) is 13.5. The van der Waals surface area contributed by atoms with E-state index in [4.69, 9.17) is 44.3 Å². The third kappa shape index (κ3) is 25.9. The van der Waals surface area contributed by atoms with Crippen molar-refractivity contribution in [2.45, 2.75) is 113 Å². The van der Waals surface area contributed by atoms with E-state index in [1.807, 2.05) is 0 Å². The smallest absolute Gasteiger partial charge is 0.326 e. The van der Waals surface area contributed by atoms with E-state index in [0.29, 0.717) is 0 Å². The van der Waals surface area contributed by atoms with Gasteiger partial charge in [-0.15, -0.1) is 0 Å². The summed E-state index contributed by atoms with van der Waals surface area (Å²) in [5.74, 6) is -12.0. The summed E-state index contributed by atoms with van der Waals surface area (Å²) < 4.78 is 0. The molecule has 0 unspecified atom stereocenters. The Labute approximate surface area is 349 Å². The average molecular weight is 874 g/mol. The summed E-state index contributed by atoms with van der Waals surface area (Å²) in [6.07, 6.45) is -3.54. The van der Waals surface area contributed by atoms with E-state index in [-0.39, 0.29) is 64.1 Å². The van der Waals surface area contributed by atoms with Gasteiger partial charge in [0.15, 0.2) is 17.9 Å². The zero-order valence-electron chi connectivity index (χ0n) is 33.3. The summed E-state index contributed by atoms with van der Waals surface area (Å²) in [5, 5.41) is 78.2. The van der Waals surface area contributed by atoms with E-state index in [2.05, 4.69) is 42.5 Å². The Balaban J connectivity index is 6.51. The number of aliphatic carboxylic acids is 4. The number of carboxylic acids is 4. The van der Waals surface area contributed by atoms with Gasteiger partial charge in [0, 0.05) is 38.9 Å². The van der Waals surface area contributed by atoms with Crippen LogP contribution in [0.5, 0.6) is 0 Å². The molecule has 0 aromatic heterocycles. The van der Waals surface area contributed by atoms with Crippen molar-refractivity contribution in [2.75, 3.05) is 19.6 Å². The van der Waals surface area contributed by atoms with E-state index in [0.717, 1.165) is 0 Å². The molecule has 23 N–H and O–H groups in total. The highest BCUT2D eigenvalue weighted by Crippen LogP contribution is 2.09. The number of carbonyl (C=O) groups is 9. The molecule has 0 aromatic carbocycles. The summed E-state index contributed by atoms with van der Waals surface area (Å²) in [6.45, 7) is 0.212. The van der Waals surface area contributed by atoms with Crippen LogP contribution in [-0.4, -0.2) is 148 Å². The molecule has 0 aliphatic rings. The van der Waals surface area contributed by atoms with Crippen LogP contribution in [0, 0.1) is 16.2 Å². The Morgan fingerprint density at radius 3 is 0.967 bits per heavy atom. The van der Waals surface area contributed by atoms with Crippen LogP contribution < -0.4 is 65.5 Å². The van der Waals surface area contributed by atoms with Crippen LogP contribution >= 0.6 is 0 Å². The Bertz CT molecular complexity index is 1580. The lowest BCUT2D eigenvalue weighted by Gasteiger charge is -2.27. The molecule has 61 heavy (non-hydrogen) atoms. The maximum absolute atomic E-state index is 13.8. The van der Waals surface area contributed by atoms with Crippen LogP contribution in [0.3, 0.4) is 0 Å². The topological polar surface area (TPSA) is 506 Å². The van der Waals surface area contributed by atoms with Gasteiger partial charge in [0.25, 0.3) is 0 Å². The van der Waals surface area contributed by atoms with Crippen LogP contribution in [0.1, 0.15) is 77.0 Å². The van der Waals surface area contributed by atoms with Crippen LogP contribution in [-0.2, 0) is 43.2 Å². The first-order chi connectivity index (χ1) is 28.5. The van der Waals surface area contributed by atoms with Crippen molar-refractivity contribution in [3.63, 3.8) is 0 Å². The fraction of sp³-hybridized carbons (Fsp3) is 0.636. The minimum absolute atomic E-state index is 0.00348. The van der Waals surface area contributed by atoms with Crippen LogP contribution in [0.15, 0.2) is 0 Å². The van der Waals surface area contributed by atoms with Crippen molar-refractivity contribution in [1.82, 2.24) is 42.5 Å². The largest absolute Gasteiger partial charge is 0.481 e. The van der Waals surface area contributed by atoms with Crippen molar-refractivity contribution in [1.29, 1.82) is 16.2 Å². The molecular weight excluding hydrogens is 814 g/mol. The molecule has 0 aromatic rings. The predicted molar refractivity (Wildman–Crippen MR) is 213 cm³/mol. The molecule has 0 spiro atoms. The lowest BCUT2D eigenvalue weighted by atomic mass is 10.0. The molecule has 0 aliphatic carbocycles. The molecule has 0 saturated carbocycles. The maximum Gasteiger partial charge on any atom is 0.326 e. The van der Waals surface area contributed by atoms with E-state index in [1.54, 1.807) is 0 Å². The number of hydrogen-bond acceptors (Lipinski definition) is 13. The van der Waals surface area contributed by atoms with E-state index >= 15 is 0 Å². The third-order valence-corrected chi connectivity index (χ3v) is 8.40. The summed E-state index contributed by atoms with van der Waals surface area (Å²) in [6, 6.07) is -9.26. The molecular formula is C33H59N15O13. The summed E-state index contributed by atoms with van der Waals surface area (Å²) >= 11 is 0. The fourth-order valence-corrected chi connectivity index (χ4v) is 5.24. The number of amides is 5. The number of hydrogen-bond donors (Lipinski definition) is 19. The number of nitrogens with two attached hydrogens (primary N) is 4. The van der Waals surface area contributed by atoms with E-state index in [9.17, 15) is 58.5 Å². The zero-order valence-corrected chi connectivity index (χ0v) is 33.3. The second-order valence-corrected chi connectivity index (χ2v) is 13.5. The monoisotopic (exact) mass is 873 g/mol. The van der Waals surface area contributed by atoms with Gasteiger partial charge in [-0.25, -0.2) is 4.79 Å². The predicted octanol–water partition coefficient (Wildman–Crippen LogP) is -5.79. The van der Waals surface area contributed by atoms with Crippen LogP contribution in [0.4, 0.5) is 0 Å². The van der Waals surface area contributed by atoms with Gasteiger partial charge in [-0.2, -0.15) is 0 Å². The van der Waals surface area contributed by atoms with Crippen molar-refractivity contribution in [2.24, 2.45) is 22.9 Å². The number of carbonyl (C=O) groups excluding carboxylic acids is 5. The molecule has 0 heterocycles. The van der Waals surface area contributed by atoms with Crippen molar-refractivity contribution in [3.05, 3.63) is 0 Å². The normalized spacial score (nSPS) is 13.5. The number of carboxylic acid groups (broad SMARTS) is 4. The first-order valence-electron chi connectivity index (χ1n) is 18.9. The Morgan fingerprint density at radius 1 is 0.410 bits per heavy atom. The highest BCUT2D eigenvalue weighted by atomic mass is 16.4. The molecule has 28 heteroatoms. The highest BCUT2D eigenvalue weighted by molar-refractivity contribution is 5.96. The van der Waals surface area contributed by atoms with Gasteiger partial charge in [-0.05, 0) is 57.8 Å². The molecule has 0 saturated heterocycles. The number of rotatable bonds is 32. The lowest BCUT2D eigenvalue weighted by molar-refractivity contribution is -0.143. The second kappa shape index (κ2) is 29.2. The van der Waals surface area contributed by atoms with E-state index < -0.39 is 140 Å². The minimum Gasteiger partial charge on any atom is -0.481 e. The average Bonchev–Trinajstić information content (AvgIpc) is 3.16.